The Labute approximate surface area is 216 Å². The van der Waals surface area contributed by atoms with Crippen molar-refractivity contribution in [2.45, 2.75) is 127 Å². The van der Waals surface area contributed by atoms with Crippen LogP contribution in [0.1, 0.15) is 85.0 Å². The Morgan fingerprint density at radius 1 is 0.861 bits per heavy atom. The van der Waals surface area contributed by atoms with E-state index in [0.717, 1.165) is 51.2 Å². The number of piperidine rings is 1. The highest BCUT2D eigenvalue weighted by Gasteiger charge is 2.50. The minimum Gasteiger partial charge on any atom is -0.444 e. The summed E-state index contributed by atoms with van der Waals surface area (Å²) in [6, 6.07) is 1.70. The van der Waals surface area contributed by atoms with Crippen LogP contribution in [-0.2, 0) is 9.53 Å². The maximum Gasteiger partial charge on any atom is 0.410 e. The second-order valence-electron chi connectivity index (χ2n) is 12.9. The van der Waals surface area contributed by atoms with Crippen molar-refractivity contribution in [3.05, 3.63) is 0 Å². The molecule has 3 heterocycles. The first-order chi connectivity index (χ1) is 17.4. The van der Waals surface area contributed by atoms with Crippen LogP contribution in [-0.4, -0.2) is 88.8 Å². The van der Waals surface area contributed by atoms with Crippen molar-refractivity contribution < 1.29 is 14.3 Å². The van der Waals surface area contributed by atoms with Gasteiger partial charge in [0.15, 0.2) is 0 Å². The third-order valence-corrected chi connectivity index (χ3v) is 10.4. The molecule has 202 valence electrons. The van der Waals surface area contributed by atoms with E-state index in [1.165, 1.54) is 32.1 Å². The number of hydrogen-bond donors (Lipinski definition) is 2. The van der Waals surface area contributed by atoms with Gasteiger partial charge in [0.2, 0.25) is 5.91 Å². The highest BCUT2D eigenvalue weighted by Crippen LogP contribution is 2.41. The molecule has 8 heteroatoms. The topological polar surface area (TPSA) is 77.2 Å². The largest absolute Gasteiger partial charge is 0.444 e. The number of nitrogens with one attached hydrogen (secondary N) is 2. The maximum atomic E-state index is 13.8. The van der Waals surface area contributed by atoms with Crippen molar-refractivity contribution in [3.8, 4) is 0 Å². The van der Waals surface area contributed by atoms with Gasteiger partial charge in [0.1, 0.15) is 6.10 Å². The lowest BCUT2D eigenvalue weighted by molar-refractivity contribution is -0.143. The molecule has 6 aliphatic rings. The van der Waals surface area contributed by atoms with E-state index in [4.69, 9.17) is 4.74 Å². The van der Waals surface area contributed by atoms with Crippen molar-refractivity contribution in [1.82, 2.24) is 25.6 Å². The molecule has 2 amide bonds. The third kappa shape index (κ3) is 4.78. The Balaban J connectivity index is 1.17. The van der Waals surface area contributed by atoms with Crippen molar-refractivity contribution in [2.24, 2.45) is 17.8 Å². The summed E-state index contributed by atoms with van der Waals surface area (Å²) >= 11 is 0. The zero-order valence-corrected chi connectivity index (χ0v) is 22.5. The summed E-state index contributed by atoms with van der Waals surface area (Å²) in [5.74, 6) is 1.97. The first kappa shape index (κ1) is 24.9. The van der Waals surface area contributed by atoms with Gasteiger partial charge in [0, 0.05) is 50.7 Å². The molecule has 3 saturated heterocycles. The molecule has 3 aliphatic heterocycles. The van der Waals surface area contributed by atoms with Crippen LogP contribution in [0.5, 0.6) is 0 Å². The second-order valence-corrected chi connectivity index (χ2v) is 12.9. The predicted molar refractivity (Wildman–Crippen MR) is 138 cm³/mol. The van der Waals surface area contributed by atoms with Crippen molar-refractivity contribution >= 4 is 12.0 Å². The Kier molecular flexibility index (Phi) is 6.97. The molecule has 2 N–H and O–H groups in total. The monoisotopic (exact) mass is 501 g/mol. The van der Waals surface area contributed by atoms with Crippen molar-refractivity contribution in [3.63, 3.8) is 0 Å². The fourth-order valence-corrected chi connectivity index (χ4v) is 8.45. The summed E-state index contributed by atoms with van der Waals surface area (Å²) in [6.45, 7) is 8.79. The molecule has 0 radical (unpaired) electrons. The van der Waals surface area contributed by atoms with E-state index in [1.807, 2.05) is 4.90 Å². The molecule has 3 aliphatic carbocycles. The summed E-state index contributed by atoms with van der Waals surface area (Å²) in [6.07, 6.45) is 11.3. The highest BCUT2D eigenvalue weighted by molar-refractivity contribution is 5.75. The summed E-state index contributed by atoms with van der Waals surface area (Å²) < 4.78 is 6.36. The summed E-state index contributed by atoms with van der Waals surface area (Å²) in [7, 11) is 0. The second kappa shape index (κ2) is 10.1. The molecule has 6 fully saturated rings. The molecule has 9 atom stereocenters. The third-order valence-electron chi connectivity index (χ3n) is 10.4. The molecule has 6 rings (SSSR count). The average molecular weight is 502 g/mol. The quantitative estimate of drug-likeness (QED) is 0.619. The molecule has 36 heavy (non-hydrogen) atoms. The Hall–Kier alpha value is -1.38. The smallest absolute Gasteiger partial charge is 0.410 e. The van der Waals surface area contributed by atoms with E-state index >= 15 is 0 Å². The van der Waals surface area contributed by atoms with Crippen LogP contribution < -0.4 is 10.7 Å². The number of piperazine rings is 1. The number of carbonyl (C=O) groups excluding carboxylic acids is 2. The zero-order valence-electron chi connectivity index (χ0n) is 22.5. The first-order valence-electron chi connectivity index (χ1n) is 14.9. The average Bonchev–Trinajstić information content (AvgIpc) is 3.59. The molecular formula is C28H47N5O3. The molecule has 3 saturated carbocycles. The number of amides is 2. The van der Waals surface area contributed by atoms with Gasteiger partial charge in [-0.3, -0.25) is 10.2 Å². The molecule has 0 bridgehead atoms. The minimum absolute atomic E-state index is 0.0262. The number of fused-ring (bicyclic) bond motifs is 2. The maximum absolute atomic E-state index is 13.8. The van der Waals surface area contributed by atoms with Gasteiger partial charge in [-0.1, -0.05) is 0 Å². The van der Waals surface area contributed by atoms with E-state index in [1.54, 1.807) is 6.92 Å². The van der Waals surface area contributed by atoms with Crippen molar-refractivity contribution in [1.29, 1.82) is 0 Å². The fourth-order valence-electron chi connectivity index (χ4n) is 8.45. The summed E-state index contributed by atoms with van der Waals surface area (Å²) in [5.41, 5.74) is 3.65. The van der Waals surface area contributed by atoms with Gasteiger partial charge in [0.05, 0.1) is 12.1 Å². The van der Waals surface area contributed by atoms with Gasteiger partial charge < -0.3 is 19.9 Å². The molecule has 0 aromatic rings. The fraction of sp³-hybridized carbons (Fsp3) is 0.929. The van der Waals surface area contributed by atoms with Crippen LogP contribution in [0.3, 0.4) is 0 Å². The number of nitrogens with zero attached hydrogens (tertiary/aromatic N) is 3. The standard InChI is InChI=1S/C28H47N5O3/c1-17-7-8-20-5-4-6-26(27(20)30-17)36-28(35)31-15-18(2)33(19(3)34)24-12-9-21(13-25(24)31)22-14-29-32(16-22)23-10-11-23/h17-18,20-27,29-30H,4-16H2,1-3H3/t17?,18-,20?,21?,22?,24?,25?,26?,27?/m0/s1. The summed E-state index contributed by atoms with van der Waals surface area (Å²) in [5, 5.41) is 6.23. The number of ether oxygens (including phenoxy) is 1. The predicted octanol–water partition coefficient (Wildman–Crippen LogP) is 3.12. The van der Waals surface area contributed by atoms with Gasteiger partial charge >= 0.3 is 6.09 Å². The molecule has 0 aromatic heterocycles. The van der Waals surface area contributed by atoms with Crippen LogP contribution >= 0.6 is 0 Å². The lowest BCUT2D eigenvalue weighted by Gasteiger charge is -2.54. The van der Waals surface area contributed by atoms with E-state index in [2.05, 4.69) is 34.5 Å². The highest BCUT2D eigenvalue weighted by atomic mass is 16.6. The first-order valence-corrected chi connectivity index (χ1v) is 14.9. The Morgan fingerprint density at radius 3 is 2.44 bits per heavy atom. The van der Waals surface area contributed by atoms with E-state index in [0.29, 0.717) is 30.3 Å². The van der Waals surface area contributed by atoms with Crippen LogP contribution in [0.15, 0.2) is 0 Å². The Morgan fingerprint density at radius 2 is 1.67 bits per heavy atom. The van der Waals surface area contributed by atoms with Crippen LogP contribution in [0, 0.1) is 17.8 Å². The number of rotatable bonds is 3. The van der Waals surface area contributed by atoms with E-state index < -0.39 is 0 Å². The van der Waals surface area contributed by atoms with Gasteiger partial charge in [-0.05, 0) is 95.8 Å². The van der Waals surface area contributed by atoms with Gasteiger partial charge in [0.25, 0.3) is 0 Å². The van der Waals surface area contributed by atoms with Gasteiger partial charge in [-0.25, -0.2) is 9.80 Å². The normalized spacial score (nSPS) is 43.6. The molecular weight excluding hydrogens is 454 g/mol. The van der Waals surface area contributed by atoms with E-state index in [-0.39, 0.29) is 42.3 Å². The van der Waals surface area contributed by atoms with Crippen LogP contribution in [0.2, 0.25) is 0 Å². The Bertz CT molecular complexity index is 836. The SMILES string of the molecule is CC(=O)N1C2CCC(C3CNN(C4CC4)C3)CC2N(C(=O)OC2CCCC3CCC(C)NC32)C[C@@H]1C. The summed E-state index contributed by atoms with van der Waals surface area (Å²) in [4.78, 5) is 30.6. The van der Waals surface area contributed by atoms with Gasteiger partial charge in [-0.15, -0.1) is 0 Å². The number of carbonyl (C=O) groups is 2. The van der Waals surface area contributed by atoms with Crippen LogP contribution in [0.25, 0.3) is 0 Å². The van der Waals surface area contributed by atoms with Crippen molar-refractivity contribution in [2.75, 3.05) is 19.6 Å². The molecule has 8 nitrogen and oxygen atoms in total. The molecule has 0 spiro atoms. The lowest BCUT2D eigenvalue weighted by atomic mass is 9.73. The molecule has 0 aromatic carbocycles. The number of hydrogen-bond acceptors (Lipinski definition) is 6. The lowest BCUT2D eigenvalue weighted by Crippen LogP contribution is -2.67. The minimum atomic E-state index is -0.143. The van der Waals surface area contributed by atoms with Gasteiger partial charge in [-0.2, -0.15) is 0 Å². The molecule has 8 unspecified atom stereocenters. The zero-order chi connectivity index (χ0) is 25.0. The van der Waals surface area contributed by atoms with Crippen LogP contribution in [0.4, 0.5) is 4.79 Å². The number of hydrazine groups is 1. The van der Waals surface area contributed by atoms with E-state index in [9.17, 15) is 9.59 Å².